The van der Waals surface area contributed by atoms with Gasteiger partial charge in [-0.15, -0.1) is 23.5 Å². The van der Waals surface area contributed by atoms with Gasteiger partial charge in [-0.25, -0.2) is 0 Å². The van der Waals surface area contributed by atoms with E-state index >= 15 is 0 Å². The SMILES string of the molecule is CSc1ccc2c(c1)c1cc(SC)ccc1n2CCCCP(=O)(O)O. The second-order valence-corrected chi connectivity index (χ2v) is 9.55. The van der Waals surface area contributed by atoms with Gasteiger partial charge in [-0.05, 0) is 61.8 Å². The van der Waals surface area contributed by atoms with Crippen LogP contribution in [0.5, 0.6) is 0 Å². The lowest BCUT2D eigenvalue weighted by atomic mass is 10.1. The van der Waals surface area contributed by atoms with Crippen molar-refractivity contribution in [1.82, 2.24) is 4.57 Å². The van der Waals surface area contributed by atoms with Crippen LogP contribution in [0.3, 0.4) is 0 Å². The van der Waals surface area contributed by atoms with Crippen LogP contribution in [-0.2, 0) is 11.1 Å². The van der Waals surface area contributed by atoms with Gasteiger partial charge in [-0.2, -0.15) is 0 Å². The Labute approximate surface area is 156 Å². The molecule has 2 N–H and O–H groups in total. The summed E-state index contributed by atoms with van der Waals surface area (Å²) in [7, 11) is -3.90. The summed E-state index contributed by atoms with van der Waals surface area (Å²) in [5, 5.41) is 2.49. The lowest BCUT2D eigenvalue weighted by Gasteiger charge is -2.08. The average molecular weight is 395 g/mol. The molecule has 0 saturated carbocycles. The molecule has 25 heavy (non-hydrogen) atoms. The topological polar surface area (TPSA) is 62.5 Å². The quantitative estimate of drug-likeness (QED) is 0.327. The monoisotopic (exact) mass is 395 g/mol. The van der Waals surface area contributed by atoms with Crippen LogP contribution in [-0.4, -0.2) is 33.0 Å². The average Bonchev–Trinajstić information content (AvgIpc) is 2.90. The summed E-state index contributed by atoms with van der Waals surface area (Å²) in [4.78, 5) is 20.5. The molecule has 0 aliphatic carbocycles. The van der Waals surface area contributed by atoms with Gasteiger partial charge in [-0.3, -0.25) is 4.57 Å². The molecule has 3 rings (SSSR count). The molecular weight excluding hydrogens is 373 g/mol. The van der Waals surface area contributed by atoms with Gasteiger partial charge in [0.2, 0.25) is 0 Å². The third-order valence-electron chi connectivity index (χ3n) is 4.36. The Morgan fingerprint density at radius 1 is 0.920 bits per heavy atom. The second-order valence-electron chi connectivity index (χ2n) is 6.01. The molecule has 1 heterocycles. The number of nitrogens with zero attached hydrogens (tertiary/aromatic N) is 1. The maximum Gasteiger partial charge on any atom is 0.325 e. The van der Waals surface area contributed by atoms with Crippen molar-refractivity contribution in [2.24, 2.45) is 0 Å². The van der Waals surface area contributed by atoms with Crippen LogP contribution >= 0.6 is 31.1 Å². The lowest BCUT2D eigenvalue weighted by Crippen LogP contribution is -1.99. The molecule has 0 atom stereocenters. The first-order valence-electron chi connectivity index (χ1n) is 8.11. The predicted octanol–water partition coefficient (Wildman–Crippen LogP) is 5.20. The number of aryl methyl sites for hydroxylation is 1. The molecule has 7 heteroatoms. The van der Waals surface area contributed by atoms with E-state index in [1.54, 1.807) is 23.5 Å². The van der Waals surface area contributed by atoms with E-state index in [4.69, 9.17) is 9.79 Å². The Balaban J connectivity index is 2.01. The first-order chi connectivity index (χ1) is 11.9. The van der Waals surface area contributed by atoms with Crippen LogP contribution in [0, 0.1) is 0 Å². The molecule has 4 nitrogen and oxygen atoms in total. The minimum Gasteiger partial charge on any atom is -0.340 e. The molecule has 134 valence electrons. The van der Waals surface area contributed by atoms with Gasteiger partial charge in [0.1, 0.15) is 0 Å². The van der Waals surface area contributed by atoms with Crippen molar-refractivity contribution in [3.63, 3.8) is 0 Å². The van der Waals surface area contributed by atoms with E-state index in [0.717, 1.165) is 13.0 Å². The van der Waals surface area contributed by atoms with Crippen molar-refractivity contribution in [3.05, 3.63) is 36.4 Å². The molecule has 0 aliphatic rings. The summed E-state index contributed by atoms with van der Waals surface area (Å²) in [5.74, 6) is 0. The number of unbranched alkanes of at least 4 members (excludes halogenated alkanes) is 1. The molecule has 3 aromatic rings. The van der Waals surface area contributed by atoms with Crippen LogP contribution in [0.25, 0.3) is 21.8 Å². The zero-order valence-electron chi connectivity index (χ0n) is 14.3. The van der Waals surface area contributed by atoms with Gasteiger partial charge in [0.15, 0.2) is 0 Å². The number of aromatic nitrogens is 1. The fourth-order valence-corrected chi connectivity index (χ4v) is 4.66. The lowest BCUT2D eigenvalue weighted by molar-refractivity contribution is 0.370. The van der Waals surface area contributed by atoms with Crippen molar-refractivity contribution in [2.45, 2.75) is 29.2 Å². The Kier molecular flexibility index (Phi) is 5.86. The van der Waals surface area contributed by atoms with E-state index in [2.05, 4.69) is 53.5 Å². The van der Waals surface area contributed by atoms with E-state index in [9.17, 15) is 4.57 Å². The van der Waals surface area contributed by atoms with Gasteiger partial charge < -0.3 is 14.4 Å². The zero-order chi connectivity index (χ0) is 18.0. The zero-order valence-corrected chi connectivity index (χ0v) is 16.8. The third kappa shape index (κ3) is 4.26. The molecule has 0 saturated heterocycles. The Morgan fingerprint density at radius 3 is 1.88 bits per heavy atom. The van der Waals surface area contributed by atoms with Gasteiger partial charge in [0.05, 0.1) is 0 Å². The van der Waals surface area contributed by atoms with E-state index < -0.39 is 7.60 Å². The van der Waals surface area contributed by atoms with Crippen molar-refractivity contribution in [1.29, 1.82) is 0 Å². The number of benzene rings is 2. The van der Waals surface area contributed by atoms with Crippen LogP contribution < -0.4 is 0 Å². The van der Waals surface area contributed by atoms with Crippen molar-refractivity contribution in [2.75, 3.05) is 18.7 Å². The Morgan fingerprint density at radius 2 is 1.44 bits per heavy atom. The minimum atomic E-state index is -3.90. The van der Waals surface area contributed by atoms with E-state index in [0.29, 0.717) is 6.42 Å². The maximum absolute atomic E-state index is 11.0. The highest BCUT2D eigenvalue weighted by atomic mass is 32.2. The smallest absolute Gasteiger partial charge is 0.325 e. The number of thioether (sulfide) groups is 2. The molecule has 0 spiro atoms. The fourth-order valence-electron chi connectivity index (χ4n) is 3.14. The molecule has 0 unspecified atom stereocenters. The number of rotatable bonds is 7. The van der Waals surface area contributed by atoms with Gasteiger partial charge in [-0.1, -0.05) is 0 Å². The summed E-state index contributed by atoms with van der Waals surface area (Å²) in [6, 6.07) is 13.0. The highest BCUT2D eigenvalue weighted by Gasteiger charge is 2.14. The number of hydrogen-bond donors (Lipinski definition) is 2. The van der Waals surface area contributed by atoms with Crippen LogP contribution in [0.15, 0.2) is 46.2 Å². The summed E-state index contributed by atoms with van der Waals surface area (Å²) >= 11 is 3.47. The van der Waals surface area contributed by atoms with Gasteiger partial charge >= 0.3 is 7.60 Å². The van der Waals surface area contributed by atoms with Crippen molar-refractivity contribution >= 4 is 52.9 Å². The molecule has 0 bridgehead atoms. The summed E-state index contributed by atoms with van der Waals surface area (Å²) in [6.45, 7) is 0.761. The first kappa shape index (κ1) is 18.9. The van der Waals surface area contributed by atoms with Gasteiger partial charge in [0, 0.05) is 44.3 Å². The molecule has 1 aromatic heterocycles. The van der Waals surface area contributed by atoms with E-state index in [1.165, 1.54) is 31.6 Å². The van der Waals surface area contributed by atoms with Crippen molar-refractivity contribution < 1.29 is 14.4 Å². The third-order valence-corrected chi connectivity index (χ3v) is 6.71. The van der Waals surface area contributed by atoms with Crippen LogP contribution in [0.1, 0.15) is 12.8 Å². The normalized spacial score (nSPS) is 12.3. The Hall–Kier alpha value is -0.910. The molecule has 2 aromatic carbocycles. The molecule has 0 amide bonds. The highest BCUT2D eigenvalue weighted by Crippen LogP contribution is 2.36. The fraction of sp³-hybridized carbons (Fsp3) is 0.333. The minimum absolute atomic E-state index is 0.0443. The largest absolute Gasteiger partial charge is 0.340 e. The van der Waals surface area contributed by atoms with Crippen LogP contribution in [0.2, 0.25) is 0 Å². The molecule has 0 radical (unpaired) electrons. The Bertz CT molecular complexity index is 887. The van der Waals surface area contributed by atoms with E-state index in [-0.39, 0.29) is 6.16 Å². The molecule has 0 fully saturated rings. The van der Waals surface area contributed by atoms with Crippen LogP contribution in [0.4, 0.5) is 0 Å². The second kappa shape index (κ2) is 7.77. The summed E-state index contributed by atoms with van der Waals surface area (Å²) < 4.78 is 13.3. The number of hydrogen-bond acceptors (Lipinski definition) is 3. The predicted molar refractivity (Wildman–Crippen MR) is 109 cm³/mol. The standard InChI is InChI=1S/C18H22NO3PS2/c1-24-13-5-7-17-15(11-13)16-12-14(25-2)6-8-18(16)19(17)9-3-4-10-23(20,21)22/h5-8,11-12H,3-4,9-10H2,1-2H3,(H2,20,21,22). The summed E-state index contributed by atoms with van der Waals surface area (Å²) in [5.41, 5.74) is 2.37. The van der Waals surface area contributed by atoms with E-state index in [1.807, 2.05) is 0 Å². The maximum atomic E-state index is 11.0. The molecular formula is C18H22NO3PS2. The number of fused-ring (bicyclic) bond motifs is 3. The molecule has 0 aliphatic heterocycles. The first-order valence-corrected chi connectivity index (χ1v) is 12.4. The summed E-state index contributed by atoms with van der Waals surface area (Å²) in [6.07, 6.45) is 5.39. The van der Waals surface area contributed by atoms with Gasteiger partial charge in [0.25, 0.3) is 0 Å². The highest BCUT2D eigenvalue weighted by molar-refractivity contribution is 7.98. The van der Waals surface area contributed by atoms with Crippen molar-refractivity contribution in [3.8, 4) is 0 Å².